The first-order chi connectivity index (χ1) is 10.6. The van der Waals surface area contributed by atoms with E-state index < -0.39 is 0 Å². The van der Waals surface area contributed by atoms with E-state index in [0.717, 1.165) is 12.0 Å². The normalized spacial score (nSPS) is 16.0. The van der Waals surface area contributed by atoms with Gasteiger partial charge in [-0.25, -0.2) is 0 Å². The molecule has 1 aliphatic rings. The van der Waals surface area contributed by atoms with E-state index in [9.17, 15) is 14.4 Å². The maximum Gasteiger partial charge on any atom is 0.232 e. The molecule has 0 radical (unpaired) electrons. The molecule has 1 saturated heterocycles. The second-order valence-electron chi connectivity index (χ2n) is 5.40. The van der Waals surface area contributed by atoms with Crippen LogP contribution < -0.4 is 5.32 Å². The van der Waals surface area contributed by atoms with E-state index in [-0.39, 0.29) is 24.3 Å². The van der Waals surface area contributed by atoms with E-state index in [1.54, 1.807) is 9.80 Å². The number of piperazine rings is 1. The minimum atomic E-state index is -0.279. The molecule has 1 aromatic rings. The van der Waals surface area contributed by atoms with E-state index >= 15 is 0 Å². The van der Waals surface area contributed by atoms with Crippen LogP contribution in [0.15, 0.2) is 30.3 Å². The zero-order valence-corrected chi connectivity index (χ0v) is 12.7. The van der Waals surface area contributed by atoms with Crippen molar-refractivity contribution < 1.29 is 14.4 Å². The van der Waals surface area contributed by atoms with Gasteiger partial charge in [0.2, 0.25) is 18.2 Å². The predicted molar refractivity (Wildman–Crippen MR) is 81.8 cm³/mol. The number of nitrogens with zero attached hydrogens (tertiary/aromatic N) is 2. The summed E-state index contributed by atoms with van der Waals surface area (Å²) in [6.45, 7) is 3.91. The molecule has 0 aliphatic carbocycles. The van der Waals surface area contributed by atoms with Gasteiger partial charge in [-0.1, -0.05) is 30.3 Å². The van der Waals surface area contributed by atoms with Crippen LogP contribution in [0.1, 0.15) is 24.9 Å². The molecule has 0 spiro atoms. The molecule has 6 heteroatoms. The summed E-state index contributed by atoms with van der Waals surface area (Å²) in [5.74, 6) is -0.470. The Morgan fingerprint density at radius 2 is 1.82 bits per heavy atom. The second kappa shape index (κ2) is 7.59. The van der Waals surface area contributed by atoms with Crippen LogP contribution in [-0.2, 0) is 14.4 Å². The third-order valence-corrected chi connectivity index (χ3v) is 3.80. The maximum atomic E-state index is 12.1. The summed E-state index contributed by atoms with van der Waals surface area (Å²) in [4.78, 5) is 37.9. The number of hydrogen-bond donors (Lipinski definition) is 1. The van der Waals surface area contributed by atoms with Gasteiger partial charge in [0.15, 0.2) is 0 Å². The van der Waals surface area contributed by atoms with Crippen LogP contribution in [0.5, 0.6) is 0 Å². The Morgan fingerprint density at radius 1 is 1.18 bits per heavy atom. The molecule has 1 N–H and O–H groups in total. The highest BCUT2D eigenvalue weighted by atomic mass is 16.2. The summed E-state index contributed by atoms with van der Waals surface area (Å²) in [5.41, 5.74) is 1.00. The lowest BCUT2D eigenvalue weighted by atomic mass is 10.1. The Kier molecular flexibility index (Phi) is 5.52. The molecular weight excluding hydrogens is 282 g/mol. The number of benzene rings is 1. The topological polar surface area (TPSA) is 69.7 Å². The monoisotopic (exact) mass is 303 g/mol. The Balaban J connectivity index is 1.79. The van der Waals surface area contributed by atoms with Gasteiger partial charge in [-0.2, -0.15) is 0 Å². The standard InChI is InChI=1S/C16H21N3O3/c1-13(14-5-3-2-4-6-14)17-15(21)11-16(22)19-9-7-18(12-20)8-10-19/h2-6,12-13H,7-11H2,1H3,(H,17,21). The highest BCUT2D eigenvalue weighted by molar-refractivity contribution is 5.97. The molecule has 1 unspecified atom stereocenters. The fourth-order valence-corrected chi connectivity index (χ4v) is 2.44. The van der Waals surface area contributed by atoms with Crippen LogP contribution in [0.2, 0.25) is 0 Å². The third-order valence-electron chi connectivity index (χ3n) is 3.80. The number of rotatable bonds is 5. The Bertz CT molecular complexity index is 525. The van der Waals surface area contributed by atoms with Gasteiger partial charge in [-0.3, -0.25) is 14.4 Å². The minimum absolute atomic E-state index is 0.131. The first-order valence-electron chi connectivity index (χ1n) is 7.41. The summed E-state index contributed by atoms with van der Waals surface area (Å²) < 4.78 is 0. The number of carbonyl (C=O) groups excluding carboxylic acids is 3. The molecule has 1 aromatic carbocycles. The first-order valence-corrected chi connectivity index (χ1v) is 7.41. The van der Waals surface area contributed by atoms with Crippen LogP contribution >= 0.6 is 0 Å². The van der Waals surface area contributed by atoms with Gasteiger partial charge in [-0.05, 0) is 12.5 Å². The summed E-state index contributed by atoms with van der Waals surface area (Å²) in [6.07, 6.45) is 0.633. The molecule has 1 heterocycles. The van der Waals surface area contributed by atoms with Gasteiger partial charge in [0.25, 0.3) is 0 Å². The second-order valence-corrected chi connectivity index (χ2v) is 5.40. The lowest BCUT2D eigenvalue weighted by molar-refractivity contribution is -0.139. The number of hydrogen-bond acceptors (Lipinski definition) is 3. The SMILES string of the molecule is CC(NC(=O)CC(=O)N1CCN(C=O)CC1)c1ccccc1. The molecule has 1 fully saturated rings. The average molecular weight is 303 g/mol. The van der Waals surface area contributed by atoms with Gasteiger partial charge in [0.05, 0.1) is 6.04 Å². The van der Waals surface area contributed by atoms with Crippen molar-refractivity contribution in [2.24, 2.45) is 0 Å². The van der Waals surface area contributed by atoms with Crippen LogP contribution in [-0.4, -0.2) is 54.2 Å². The molecule has 1 atom stereocenters. The Labute approximate surface area is 130 Å². The number of carbonyl (C=O) groups is 3. The Morgan fingerprint density at radius 3 is 2.41 bits per heavy atom. The van der Waals surface area contributed by atoms with Crippen molar-refractivity contribution in [1.82, 2.24) is 15.1 Å². The average Bonchev–Trinajstić information content (AvgIpc) is 2.55. The van der Waals surface area contributed by atoms with Gasteiger partial charge in [0.1, 0.15) is 6.42 Å². The number of amides is 3. The largest absolute Gasteiger partial charge is 0.349 e. The smallest absolute Gasteiger partial charge is 0.232 e. The quantitative estimate of drug-likeness (QED) is 0.638. The van der Waals surface area contributed by atoms with Crippen LogP contribution in [0.3, 0.4) is 0 Å². The zero-order chi connectivity index (χ0) is 15.9. The van der Waals surface area contributed by atoms with Crippen molar-refractivity contribution in [1.29, 1.82) is 0 Å². The molecule has 3 amide bonds. The molecule has 118 valence electrons. The van der Waals surface area contributed by atoms with Gasteiger partial charge in [-0.15, -0.1) is 0 Å². The van der Waals surface area contributed by atoms with Crippen LogP contribution in [0, 0.1) is 0 Å². The van der Waals surface area contributed by atoms with E-state index in [2.05, 4.69) is 5.32 Å². The molecule has 1 aliphatic heterocycles. The predicted octanol–water partition coefficient (Wildman–Crippen LogP) is 0.555. The molecule has 2 rings (SSSR count). The fourth-order valence-electron chi connectivity index (χ4n) is 2.44. The summed E-state index contributed by atoms with van der Waals surface area (Å²) >= 11 is 0. The van der Waals surface area contributed by atoms with Crippen molar-refractivity contribution >= 4 is 18.2 Å². The highest BCUT2D eigenvalue weighted by Gasteiger charge is 2.22. The number of nitrogens with one attached hydrogen (secondary N) is 1. The van der Waals surface area contributed by atoms with E-state index in [0.29, 0.717) is 26.2 Å². The highest BCUT2D eigenvalue weighted by Crippen LogP contribution is 2.11. The van der Waals surface area contributed by atoms with E-state index in [4.69, 9.17) is 0 Å². The van der Waals surface area contributed by atoms with Gasteiger partial charge < -0.3 is 15.1 Å². The molecule has 22 heavy (non-hydrogen) atoms. The van der Waals surface area contributed by atoms with Crippen molar-refractivity contribution in [3.8, 4) is 0 Å². The molecule has 0 saturated carbocycles. The van der Waals surface area contributed by atoms with Crippen LogP contribution in [0.4, 0.5) is 0 Å². The molecule has 0 aromatic heterocycles. The van der Waals surface area contributed by atoms with Crippen molar-refractivity contribution in [3.05, 3.63) is 35.9 Å². The molecule has 6 nitrogen and oxygen atoms in total. The van der Waals surface area contributed by atoms with Crippen molar-refractivity contribution in [2.75, 3.05) is 26.2 Å². The van der Waals surface area contributed by atoms with E-state index in [1.807, 2.05) is 37.3 Å². The summed E-state index contributed by atoms with van der Waals surface area (Å²) in [6, 6.07) is 9.48. The van der Waals surface area contributed by atoms with Gasteiger partial charge in [0, 0.05) is 26.2 Å². The van der Waals surface area contributed by atoms with Gasteiger partial charge >= 0.3 is 0 Å². The lowest BCUT2D eigenvalue weighted by Crippen LogP contribution is -2.49. The Hall–Kier alpha value is -2.37. The lowest BCUT2D eigenvalue weighted by Gasteiger charge is -2.32. The van der Waals surface area contributed by atoms with Crippen LogP contribution in [0.25, 0.3) is 0 Å². The summed E-state index contributed by atoms with van der Waals surface area (Å²) in [7, 11) is 0. The van der Waals surface area contributed by atoms with Crippen molar-refractivity contribution in [2.45, 2.75) is 19.4 Å². The maximum absolute atomic E-state index is 12.1. The summed E-state index contributed by atoms with van der Waals surface area (Å²) in [5, 5.41) is 2.83. The fraction of sp³-hybridized carbons (Fsp3) is 0.438. The molecular formula is C16H21N3O3. The zero-order valence-electron chi connectivity index (χ0n) is 12.7. The first kappa shape index (κ1) is 16.0. The third kappa shape index (κ3) is 4.31. The van der Waals surface area contributed by atoms with E-state index in [1.165, 1.54) is 0 Å². The molecule has 0 bridgehead atoms. The van der Waals surface area contributed by atoms with Crippen molar-refractivity contribution in [3.63, 3.8) is 0 Å². The minimum Gasteiger partial charge on any atom is -0.349 e.